The van der Waals surface area contributed by atoms with E-state index in [-0.39, 0.29) is 18.3 Å². The van der Waals surface area contributed by atoms with Gasteiger partial charge in [-0.2, -0.15) is 5.10 Å². The quantitative estimate of drug-likeness (QED) is 0.706. The first-order chi connectivity index (χ1) is 10.7. The van der Waals surface area contributed by atoms with Gasteiger partial charge in [-0.15, -0.1) is 12.4 Å². The normalized spacial score (nSPS) is 19.0. The summed E-state index contributed by atoms with van der Waals surface area (Å²) in [5.41, 5.74) is 2.70. The van der Waals surface area contributed by atoms with Crippen molar-refractivity contribution in [2.45, 2.75) is 39.2 Å². The highest BCUT2D eigenvalue weighted by molar-refractivity contribution is 5.94. The van der Waals surface area contributed by atoms with Crippen LogP contribution in [-0.2, 0) is 13.0 Å². The first kappa shape index (κ1) is 18.2. The van der Waals surface area contributed by atoms with E-state index < -0.39 is 0 Å². The van der Waals surface area contributed by atoms with Gasteiger partial charge >= 0.3 is 0 Å². The maximum atomic E-state index is 12.2. The molecule has 0 bridgehead atoms. The lowest BCUT2D eigenvalue weighted by Crippen LogP contribution is -2.35. The Morgan fingerprint density at radius 3 is 2.96 bits per heavy atom. The largest absolute Gasteiger partial charge is 0.351 e. The van der Waals surface area contributed by atoms with E-state index >= 15 is 0 Å². The smallest absolute Gasteiger partial charge is 0.272 e. The number of rotatable bonds is 5. The highest BCUT2D eigenvalue weighted by Crippen LogP contribution is 2.16. The van der Waals surface area contributed by atoms with E-state index in [4.69, 9.17) is 0 Å². The van der Waals surface area contributed by atoms with Crippen molar-refractivity contribution in [2.75, 3.05) is 32.7 Å². The summed E-state index contributed by atoms with van der Waals surface area (Å²) in [5.74, 6) is 0.823. The Labute approximate surface area is 144 Å². The molecule has 2 aliphatic rings. The number of carbonyl (C=O) groups excluding carboxylic acids is 1. The Morgan fingerprint density at radius 1 is 1.39 bits per heavy atom. The van der Waals surface area contributed by atoms with E-state index in [0.29, 0.717) is 5.69 Å². The summed E-state index contributed by atoms with van der Waals surface area (Å²) in [4.78, 5) is 14.7. The van der Waals surface area contributed by atoms with E-state index in [1.807, 2.05) is 0 Å². The van der Waals surface area contributed by atoms with Crippen LogP contribution in [0.4, 0.5) is 0 Å². The van der Waals surface area contributed by atoms with Crippen LogP contribution in [0, 0.1) is 5.92 Å². The molecule has 1 aromatic rings. The van der Waals surface area contributed by atoms with E-state index in [0.717, 1.165) is 56.2 Å². The highest BCUT2D eigenvalue weighted by atomic mass is 35.5. The third-order valence-corrected chi connectivity index (χ3v) is 4.83. The zero-order valence-electron chi connectivity index (χ0n) is 13.9. The summed E-state index contributed by atoms with van der Waals surface area (Å²) >= 11 is 0. The number of H-pyrrole nitrogens is 1. The first-order valence-corrected chi connectivity index (χ1v) is 8.51. The van der Waals surface area contributed by atoms with E-state index in [9.17, 15) is 4.79 Å². The number of hydrogen-bond donors (Lipinski definition) is 3. The first-order valence-electron chi connectivity index (χ1n) is 8.51. The van der Waals surface area contributed by atoms with Crippen molar-refractivity contribution in [1.29, 1.82) is 0 Å². The number of piperidine rings is 1. The summed E-state index contributed by atoms with van der Waals surface area (Å²) in [6, 6.07) is 0. The fourth-order valence-electron chi connectivity index (χ4n) is 3.29. The predicted molar refractivity (Wildman–Crippen MR) is 93.0 cm³/mol. The molecule has 0 radical (unpaired) electrons. The molecule has 3 rings (SSSR count). The summed E-state index contributed by atoms with van der Waals surface area (Å²) in [7, 11) is 0. The zero-order chi connectivity index (χ0) is 15.4. The third kappa shape index (κ3) is 4.68. The van der Waals surface area contributed by atoms with Gasteiger partial charge < -0.3 is 15.5 Å². The Morgan fingerprint density at radius 2 is 2.17 bits per heavy atom. The van der Waals surface area contributed by atoms with Crippen LogP contribution < -0.4 is 10.6 Å². The van der Waals surface area contributed by atoms with Gasteiger partial charge in [-0.05, 0) is 44.8 Å². The van der Waals surface area contributed by atoms with Crippen molar-refractivity contribution in [2.24, 2.45) is 5.92 Å². The van der Waals surface area contributed by atoms with Crippen LogP contribution in [0.25, 0.3) is 0 Å². The standard InChI is InChI=1S/C16H27N5O.ClH/c1-12-4-9-21(10-5-12)8-2-6-18-16(22)15-13-11-17-7-3-14(13)19-20-15;/h12,17H,2-11H2,1H3,(H,18,22)(H,19,20);1H. The van der Waals surface area contributed by atoms with Crippen molar-refractivity contribution in [3.63, 3.8) is 0 Å². The van der Waals surface area contributed by atoms with Crippen molar-refractivity contribution in [1.82, 2.24) is 25.7 Å². The number of fused-ring (bicyclic) bond motifs is 1. The third-order valence-electron chi connectivity index (χ3n) is 4.83. The lowest BCUT2D eigenvalue weighted by Gasteiger charge is -2.30. The minimum atomic E-state index is -0.0477. The number of carbonyl (C=O) groups is 1. The van der Waals surface area contributed by atoms with Crippen molar-refractivity contribution >= 4 is 18.3 Å². The van der Waals surface area contributed by atoms with Gasteiger partial charge in [0.05, 0.1) is 0 Å². The number of halogens is 1. The maximum absolute atomic E-state index is 12.2. The van der Waals surface area contributed by atoms with Crippen LogP contribution in [0.3, 0.4) is 0 Å². The number of nitrogens with one attached hydrogen (secondary N) is 3. The molecule has 6 nitrogen and oxygen atoms in total. The molecule has 3 heterocycles. The zero-order valence-corrected chi connectivity index (χ0v) is 14.7. The molecular formula is C16H28ClN5O. The van der Waals surface area contributed by atoms with Gasteiger partial charge in [0.2, 0.25) is 0 Å². The minimum Gasteiger partial charge on any atom is -0.351 e. The van der Waals surface area contributed by atoms with Gasteiger partial charge in [0, 0.05) is 37.3 Å². The van der Waals surface area contributed by atoms with Crippen LogP contribution in [0.5, 0.6) is 0 Å². The Balaban J connectivity index is 0.00000192. The Bertz CT molecular complexity index is 511. The Kier molecular flexibility index (Phi) is 6.87. The summed E-state index contributed by atoms with van der Waals surface area (Å²) in [5, 5.41) is 13.5. The molecule has 0 aliphatic carbocycles. The van der Waals surface area contributed by atoms with Gasteiger partial charge in [0.1, 0.15) is 0 Å². The summed E-state index contributed by atoms with van der Waals surface area (Å²) in [6.45, 7) is 8.22. The molecule has 0 unspecified atom stereocenters. The minimum absolute atomic E-state index is 0. The highest BCUT2D eigenvalue weighted by Gasteiger charge is 2.21. The molecule has 1 amide bonds. The van der Waals surface area contributed by atoms with Gasteiger partial charge in [0.25, 0.3) is 5.91 Å². The molecule has 130 valence electrons. The van der Waals surface area contributed by atoms with Crippen LogP contribution in [-0.4, -0.2) is 53.7 Å². The van der Waals surface area contributed by atoms with Crippen molar-refractivity contribution in [3.8, 4) is 0 Å². The lowest BCUT2D eigenvalue weighted by atomic mass is 9.99. The summed E-state index contributed by atoms with van der Waals surface area (Å²) in [6.07, 6.45) is 4.53. The number of amides is 1. The van der Waals surface area contributed by atoms with Gasteiger partial charge in [-0.1, -0.05) is 6.92 Å². The number of nitrogens with zero attached hydrogens (tertiary/aromatic N) is 2. The average Bonchev–Trinajstić information content (AvgIpc) is 2.97. The SMILES string of the molecule is CC1CCN(CCCNC(=O)c2n[nH]c3c2CNCC3)CC1.Cl. The molecular weight excluding hydrogens is 314 g/mol. The molecule has 0 spiro atoms. The molecule has 23 heavy (non-hydrogen) atoms. The molecule has 0 atom stereocenters. The van der Waals surface area contributed by atoms with Crippen molar-refractivity contribution in [3.05, 3.63) is 17.0 Å². The molecule has 1 saturated heterocycles. The molecule has 0 aromatic carbocycles. The fourth-order valence-corrected chi connectivity index (χ4v) is 3.29. The maximum Gasteiger partial charge on any atom is 0.272 e. The van der Waals surface area contributed by atoms with Crippen molar-refractivity contribution < 1.29 is 4.79 Å². The van der Waals surface area contributed by atoms with Crippen LogP contribution in [0.15, 0.2) is 0 Å². The second-order valence-corrected chi connectivity index (χ2v) is 6.59. The number of aromatic nitrogens is 2. The number of likely N-dealkylation sites (tertiary alicyclic amines) is 1. The van der Waals surface area contributed by atoms with E-state index in [2.05, 4.69) is 32.7 Å². The van der Waals surface area contributed by atoms with Gasteiger partial charge in [-0.3, -0.25) is 9.89 Å². The number of aromatic amines is 1. The van der Waals surface area contributed by atoms with E-state index in [1.54, 1.807) is 0 Å². The fraction of sp³-hybridized carbons (Fsp3) is 0.750. The lowest BCUT2D eigenvalue weighted by molar-refractivity contribution is 0.0944. The summed E-state index contributed by atoms with van der Waals surface area (Å²) < 4.78 is 0. The molecule has 7 heteroatoms. The monoisotopic (exact) mass is 341 g/mol. The number of hydrogen-bond acceptors (Lipinski definition) is 4. The molecule has 3 N–H and O–H groups in total. The van der Waals surface area contributed by atoms with Crippen LogP contribution in [0.2, 0.25) is 0 Å². The second kappa shape index (κ2) is 8.66. The second-order valence-electron chi connectivity index (χ2n) is 6.59. The van der Waals surface area contributed by atoms with Crippen LogP contribution in [0.1, 0.15) is 47.9 Å². The van der Waals surface area contributed by atoms with Gasteiger partial charge in [0.15, 0.2) is 5.69 Å². The molecule has 2 aliphatic heterocycles. The Hall–Kier alpha value is -1.11. The van der Waals surface area contributed by atoms with E-state index in [1.165, 1.54) is 25.9 Å². The van der Waals surface area contributed by atoms with Crippen LogP contribution >= 0.6 is 12.4 Å². The predicted octanol–water partition coefficient (Wildman–Crippen LogP) is 1.33. The molecule has 1 aromatic heterocycles. The average molecular weight is 342 g/mol. The molecule has 1 fully saturated rings. The topological polar surface area (TPSA) is 73.0 Å². The van der Waals surface area contributed by atoms with Gasteiger partial charge in [-0.25, -0.2) is 0 Å². The molecule has 0 saturated carbocycles.